The molecule has 0 aliphatic rings. The van der Waals surface area contributed by atoms with Crippen LogP contribution in [-0.2, 0) is 12.8 Å². The van der Waals surface area contributed by atoms with Crippen molar-refractivity contribution in [1.82, 2.24) is 20.4 Å². The summed E-state index contributed by atoms with van der Waals surface area (Å²) in [5.74, 6) is 0.335. The number of nitrogens with two attached hydrogens (primary N) is 1. The number of nitrogen functional groups attached to an aromatic ring is 1. The van der Waals surface area contributed by atoms with Crippen LogP contribution in [0.5, 0.6) is 0 Å². The highest BCUT2D eigenvalue weighted by Crippen LogP contribution is 2.21. The number of amides is 2. The second-order valence-corrected chi connectivity index (χ2v) is 7.79. The molecule has 2 amide bonds. The fourth-order valence-corrected chi connectivity index (χ4v) is 3.89. The van der Waals surface area contributed by atoms with E-state index in [1.165, 1.54) is 4.88 Å². The first-order chi connectivity index (χ1) is 14.1. The molecule has 0 saturated carbocycles. The van der Waals surface area contributed by atoms with Gasteiger partial charge in [-0.3, -0.25) is 0 Å². The lowest BCUT2D eigenvalue weighted by Crippen LogP contribution is -2.42. The first-order valence-electron chi connectivity index (χ1n) is 9.48. The molecule has 0 spiro atoms. The molecular weight excluding hydrogens is 384 g/mol. The Hall–Kier alpha value is -3.31. The summed E-state index contributed by atoms with van der Waals surface area (Å²) in [6, 6.07) is 15.5. The number of hydrogen-bond acceptors (Lipinski definition) is 5. The van der Waals surface area contributed by atoms with Crippen molar-refractivity contribution in [2.24, 2.45) is 0 Å². The Morgan fingerprint density at radius 3 is 2.79 bits per heavy atom. The van der Waals surface area contributed by atoms with Crippen molar-refractivity contribution < 1.29 is 4.79 Å². The van der Waals surface area contributed by atoms with Crippen molar-refractivity contribution in [2.45, 2.75) is 32.2 Å². The normalized spacial score (nSPS) is 11.6. The average Bonchev–Trinajstić information content (AvgIpc) is 3.33. The molecule has 0 radical (unpaired) electrons. The van der Waals surface area contributed by atoms with Crippen LogP contribution in [0.1, 0.15) is 29.5 Å². The fourth-order valence-electron chi connectivity index (χ4n) is 3.06. The topological polar surface area (TPSA) is 109 Å². The van der Waals surface area contributed by atoms with Crippen molar-refractivity contribution in [1.29, 1.82) is 5.26 Å². The van der Waals surface area contributed by atoms with Crippen molar-refractivity contribution in [3.63, 3.8) is 0 Å². The summed E-state index contributed by atoms with van der Waals surface area (Å²) >= 11 is 1.69. The Balaban J connectivity index is 1.49. The van der Waals surface area contributed by atoms with E-state index in [9.17, 15) is 10.1 Å². The van der Waals surface area contributed by atoms with Gasteiger partial charge in [0.15, 0.2) is 0 Å². The molecule has 29 heavy (non-hydrogen) atoms. The number of thiophene rings is 1. The molecule has 0 saturated heterocycles. The van der Waals surface area contributed by atoms with Crippen molar-refractivity contribution >= 4 is 23.2 Å². The Morgan fingerprint density at radius 2 is 2.10 bits per heavy atom. The summed E-state index contributed by atoms with van der Waals surface area (Å²) in [6.45, 7) is 2.47. The monoisotopic (exact) mass is 408 g/mol. The number of nitrogens with one attached hydrogen (secondary N) is 2. The summed E-state index contributed by atoms with van der Waals surface area (Å²) in [5, 5.41) is 21.8. The standard InChI is InChI=1S/C21H24N6OS/c1-15(13-17-9-6-12-29-17)25-21(28)24-11-5-10-19-18(14-22)20(23)27(26-19)16-7-3-2-4-8-16/h2-4,6-9,12,15H,5,10-11,13,23H2,1H3,(H2,24,25,28). The van der Waals surface area contributed by atoms with E-state index in [4.69, 9.17) is 5.73 Å². The summed E-state index contributed by atoms with van der Waals surface area (Å²) < 4.78 is 1.58. The number of para-hydroxylation sites is 1. The van der Waals surface area contributed by atoms with Crippen LogP contribution >= 0.6 is 11.3 Å². The molecule has 1 unspecified atom stereocenters. The lowest BCUT2D eigenvalue weighted by atomic mass is 10.1. The minimum atomic E-state index is -0.191. The van der Waals surface area contributed by atoms with E-state index in [0.29, 0.717) is 36.5 Å². The number of hydrogen-bond donors (Lipinski definition) is 3. The van der Waals surface area contributed by atoms with E-state index >= 15 is 0 Å². The van der Waals surface area contributed by atoms with E-state index in [-0.39, 0.29) is 12.1 Å². The zero-order chi connectivity index (χ0) is 20.6. The van der Waals surface area contributed by atoms with Crippen LogP contribution in [-0.4, -0.2) is 28.4 Å². The van der Waals surface area contributed by atoms with Gasteiger partial charge in [0.05, 0.1) is 11.4 Å². The van der Waals surface area contributed by atoms with Crippen LogP contribution in [0.15, 0.2) is 47.8 Å². The quantitative estimate of drug-likeness (QED) is 0.497. The third kappa shape index (κ3) is 5.36. The third-order valence-corrected chi connectivity index (χ3v) is 5.35. The van der Waals surface area contributed by atoms with Gasteiger partial charge >= 0.3 is 6.03 Å². The number of carbonyl (C=O) groups is 1. The van der Waals surface area contributed by atoms with Crippen LogP contribution in [0.3, 0.4) is 0 Å². The van der Waals surface area contributed by atoms with E-state index in [0.717, 1.165) is 12.1 Å². The Kier molecular flexibility index (Phi) is 6.87. The van der Waals surface area contributed by atoms with Gasteiger partial charge in [0.2, 0.25) is 0 Å². The molecule has 3 rings (SSSR count). The molecule has 2 heterocycles. The first-order valence-corrected chi connectivity index (χ1v) is 10.4. The highest BCUT2D eigenvalue weighted by atomic mass is 32.1. The smallest absolute Gasteiger partial charge is 0.315 e. The number of nitriles is 1. The minimum Gasteiger partial charge on any atom is -0.382 e. The molecule has 0 bridgehead atoms. The number of aromatic nitrogens is 2. The molecule has 4 N–H and O–H groups in total. The van der Waals surface area contributed by atoms with Gasteiger partial charge in [-0.2, -0.15) is 10.4 Å². The number of aryl methyl sites for hydroxylation is 1. The van der Waals surface area contributed by atoms with E-state index in [1.54, 1.807) is 16.0 Å². The van der Waals surface area contributed by atoms with Gasteiger partial charge in [-0.1, -0.05) is 24.3 Å². The molecule has 2 aromatic heterocycles. The number of nitrogens with zero attached hydrogens (tertiary/aromatic N) is 3. The highest BCUT2D eigenvalue weighted by molar-refractivity contribution is 7.09. The summed E-state index contributed by atoms with van der Waals surface area (Å²) in [4.78, 5) is 13.3. The number of rotatable bonds is 8. The van der Waals surface area contributed by atoms with Gasteiger partial charge in [0, 0.05) is 23.9 Å². The Bertz CT molecular complexity index is 975. The van der Waals surface area contributed by atoms with Crippen molar-refractivity contribution in [3.8, 4) is 11.8 Å². The summed E-state index contributed by atoms with van der Waals surface area (Å²) in [5.41, 5.74) is 7.95. The van der Waals surface area contributed by atoms with Gasteiger partial charge in [0.1, 0.15) is 17.5 Å². The van der Waals surface area contributed by atoms with Crippen LogP contribution in [0, 0.1) is 11.3 Å². The molecule has 150 valence electrons. The summed E-state index contributed by atoms with van der Waals surface area (Å²) in [7, 11) is 0. The van der Waals surface area contributed by atoms with Gasteiger partial charge in [-0.15, -0.1) is 11.3 Å². The zero-order valence-electron chi connectivity index (χ0n) is 16.3. The van der Waals surface area contributed by atoms with Gasteiger partial charge < -0.3 is 16.4 Å². The maximum Gasteiger partial charge on any atom is 0.315 e. The van der Waals surface area contributed by atoms with Crippen LogP contribution in [0.4, 0.5) is 10.6 Å². The van der Waals surface area contributed by atoms with Crippen molar-refractivity contribution in [2.75, 3.05) is 12.3 Å². The zero-order valence-corrected chi connectivity index (χ0v) is 17.1. The molecular formula is C21H24N6OS. The molecule has 3 aromatic rings. The van der Waals surface area contributed by atoms with Gasteiger partial charge in [-0.05, 0) is 43.3 Å². The summed E-state index contributed by atoms with van der Waals surface area (Å²) in [6.07, 6.45) is 2.03. The third-order valence-electron chi connectivity index (χ3n) is 4.45. The fraction of sp³-hybridized carbons (Fsp3) is 0.286. The predicted molar refractivity (Wildman–Crippen MR) is 115 cm³/mol. The van der Waals surface area contributed by atoms with Gasteiger partial charge in [-0.25, -0.2) is 9.48 Å². The molecule has 1 aromatic carbocycles. The Morgan fingerprint density at radius 1 is 1.31 bits per heavy atom. The number of anilines is 1. The molecule has 7 nitrogen and oxygen atoms in total. The second-order valence-electron chi connectivity index (χ2n) is 6.75. The first kappa shape index (κ1) is 20.4. The highest BCUT2D eigenvalue weighted by Gasteiger charge is 2.16. The number of benzene rings is 1. The minimum absolute atomic E-state index is 0.0558. The number of urea groups is 1. The molecule has 0 aliphatic heterocycles. The molecule has 8 heteroatoms. The molecule has 0 aliphatic carbocycles. The van der Waals surface area contributed by atoms with Gasteiger partial charge in [0.25, 0.3) is 0 Å². The lowest BCUT2D eigenvalue weighted by Gasteiger charge is -2.13. The van der Waals surface area contributed by atoms with Crippen LogP contribution < -0.4 is 16.4 Å². The Labute approximate surface area is 174 Å². The van der Waals surface area contributed by atoms with E-state index in [2.05, 4.69) is 27.9 Å². The molecule has 1 atom stereocenters. The predicted octanol–water partition coefficient (Wildman–Crippen LogP) is 3.25. The van der Waals surface area contributed by atoms with E-state index < -0.39 is 0 Å². The van der Waals surface area contributed by atoms with Crippen LogP contribution in [0.2, 0.25) is 0 Å². The lowest BCUT2D eigenvalue weighted by molar-refractivity contribution is 0.237. The second kappa shape index (κ2) is 9.75. The largest absolute Gasteiger partial charge is 0.382 e. The molecule has 0 fully saturated rings. The SMILES string of the molecule is CC(Cc1cccs1)NC(=O)NCCCc1nn(-c2ccccc2)c(N)c1C#N. The average molecular weight is 409 g/mol. The van der Waals surface area contributed by atoms with Crippen molar-refractivity contribution in [3.05, 3.63) is 64.0 Å². The maximum absolute atomic E-state index is 12.0. The van der Waals surface area contributed by atoms with E-state index in [1.807, 2.05) is 48.7 Å². The number of carbonyl (C=O) groups excluding carboxylic acids is 1. The van der Waals surface area contributed by atoms with Crippen LogP contribution in [0.25, 0.3) is 5.69 Å². The maximum atomic E-state index is 12.0.